The van der Waals surface area contributed by atoms with Crippen molar-refractivity contribution < 1.29 is 9.53 Å². The summed E-state index contributed by atoms with van der Waals surface area (Å²) in [6.45, 7) is 3.03. The number of aromatic nitrogens is 1. The molecule has 2 N–H and O–H groups in total. The number of hydrogen-bond donors (Lipinski definition) is 1. The minimum atomic E-state index is 0.0221. The molecule has 0 saturated carbocycles. The molecule has 0 bridgehead atoms. The summed E-state index contributed by atoms with van der Waals surface area (Å²) >= 11 is 1.51. The number of Topliss-reactive ketones (excluding diaryl/α,β-unsaturated/α-hetero) is 1. The van der Waals surface area contributed by atoms with Gasteiger partial charge in [0.2, 0.25) is 0 Å². The van der Waals surface area contributed by atoms with Gasteiger partial charge in [-0.25, -0.2) is 4.98 Å². The molecule has 0 amide bonds. The number of anilines is 2. The minimum Gasteiger partial charge on any atom is -0.382 e. The highest BCUT2D eigenvalue weighted by atomic mass is 32.1. The zero-order chi connectivity index (χ0) is 16.5. The van der Waals surface area contributed by atoms with Crippen molar-refractivity contribution in [1.82, 2.24) is 4.98 Å². The van der Waals surface area contributed by atoms with E-state index >= 15 is 0 Å². The number of nitrogens with zero attached hydrogens (tertiary/aromatic N) is 2. The van der Waals surface area contributed by atoms with Gasteiger partial charge >= 0.3 is 0 Å². The molecule has 2 heterocycles. The van der Waals surface area contributed by atoms with Crippen LogP contribution >= 0.6 is 11.3 Å². The lowest BCUT2D eigenvalue weighted by Crippen LogP contribution is -2.36. The van der Waals surface area contributed by atoms with Crippen LogP contribution in [0.2, 0.25) is 0 Å². The summed E-state index contributed by atoms with van der Waals surface area (Å²) in [6, 6.07) is 7.61. The number of thiazole rings is 1. The van der Waals surface area contributed by atoms with Crippen LogP contribution in [0.15, 0.2) is 35.9 Å². The van der Waals surface area contributed by atoms with Gasteiger partial charge in [0.1, 0.15) is 5.82 Å². The Morgan fingerprint density at radius 2 is 2.00 bits per heavy atom. The van der Waals surface area contributed by atoms with Crippen molar-refractivity contribution in [2.75, 3.05) is 36.9 Å². The van der Waals surface area contributed by atoms with Crippen molar-refractivity contribution in [3.63, 3.8) is 0 Å². The molecule has 6 heteroatoms. The number of hydrogen-bond acceptors (Lipinski definition) is 6. The number of allylic oxidation sites excluding steroid dienone is 2. The monoisotopic (exact) mass is 339 g/mol. The Kier molecular flexibility index (Phi) is 3.92. The number of benzene rings is 1. The standard InChI is InChI=1S/C18H17N3O2S/c19-17-15(24-18(20-17)21-7-9-23-10-8-21)11-13-6-5-12-3-1-2-4-14(12)16(13)22/h1-6,11H,7-10,19H2/b13-11+. The maximum Gasteiger partial charge on any atom is 0.193 e. The van der Waals surface area contributed by atoms with E-state index in [1.165, 1.54) is 11.3 Å². The fraction of sp³-hybridized carbons (Fsp3) is 0.222. The third kappa shape index (κ3) is 2.74. The van der Waals surface area contributed by atoms with Crippen molar-refractivity contribution in [3.8, 4) is 0 Å². The van der Waals surface area contributed by atoms with Crippen LogP contribution in [0.1, 0.15) is 20.8 Å². The molecule has 1 aliphatic heterocycles. The third-order valence-corrected chi connectivity index (χ3v) is 5.23. The summed E-state index contributed by atoms with van der Waals surface area (Å²) in [6.07, 6.45) is 5.65. The van der Waals surface area contributed by atoms with Crippen LogP contribution in [0.4, 0.5) is 10.9 Å². The van der Waals surface area contributed by atoms with E-state index in [1.807, 2.05) is 42.5 Å². The molecule has 1 aliphatic carbocycles. The Balaban J connectivity index is 1.64. The molecule has 2 aliphatic rings. The summed E-state index contributed by atoms with van der Waals surface area (Å²) in [7, 11) is 0. The molecule has 0 unspecified atom stereocenters. The zero-order valence-electron chi connectivity index (χ0n) is 13.1. The highest BCUT2D eigenvalue weighted by Crippen LogP contribution is 2.32. The predicted molar refractivity (Wildman–Crippen MR) is 97.3 cm³/mol. The van der Waals surface area contributed by atoms with E-state index in [-0.39, 0.29) is 5.78 Å². The predicted octanol–water partition coefficient (Wildman–Crippen LogP) is 2.86. The SMILES string of the molecule is Nc1nc(N2CCOCC2)sc1/C=C1\C=Cc2ccccc2C1=O. The van der Waals surface area contributed by atoms with Gasteiger partial charge in [-0.2, -0.15) is 0 Å². The molecule has 5 nitrogen and oxygen atoms in total. The Morgan fingerprint density at radius 1 is 1.21 bits per heavy atom. The van der Waals surface area contributed by atoms with Crippen molar-refractivity contribution in [1.29, 1.82) is 0 Å². The highest BCUT2D eigenvalue weighted by Gasteiger charge is 2.20. The molecule has 0 atom stereocenters. The molecule has 122 valence electrons. The molecule has 1 aromatic heterocycles. The van der Waals surface area contributed by atoms with Gasteiger partial charge in [-0.15, -0.1) is 0 Å². The first-order valence-corrected chi connectivity index (χ1v) is 8.66. The fourth-order valence-electron chi connectivity index (χ4n) is 2.84. The number of nitrogen functional groups attached to an aromatic ring is 1. The Labute approximate surface area is 144 Å². The molecule has 24 heavy (non-hydrogen) atoms. The second kappa shape index (κ2) is 6.22. The fourth-order valence-corrected chi connectivity index (χ4v) is 3.83. The van der Waals surface area contributed by atoms with E-state index in [9.17, 15) is 4.79 Å². The van der Waals surface area contributed by atoms with Gasteiger partial charge in [0.05, 0.1) is 18.1 Å². The zero-order valence-corrected chi connectivity index (χ0v) is 13.9. The molecular formula is C18H17N3O2S. The van der Waals surface area contributed by atoms with Crippen LogP contribution in [0.25, 0.3) is 12.2 Å². The molecule has 0 radical (unpaired) electrons. The van der Waals surface area contributed by atoms with Gasteiger partial charge in [0.15, 0.2) is 10.9 Å². The van der Waals surface area contributed by atoms with E-state index in [2.05, 4.69) is 9.88 Å². The number of carbonyl (C=O) groups excluding carboxylic acids is 1. The number of morpholine rings is 1. The van der Waals surface area contributed by atoms with E-state index in [1.54, 1.807) is 0 Å². The van der Waals surface area contributed by atoms with Crippen LogP contribution in [0.3, 0.4) is 0 Å². The summed E-state index contributed by atoms with van der Waals surface area (Å²) < 4.78 is 5.37. The maximum absolute atomic E-state index is 12.6. The second-order valence-electron chi connectivity index (χ2n) is 5.69. The normalized spacial score (nSPS) is 18.9. The summed E-state index contributed by atoms with van der Waals surface area (Å²) in [5.41, 5.74) is 8.38. The first kappa shape index (κ1) is 15.1. The smallest absolute Gasteiger partial charge is 0.193 e. The lowest BCUT2D eigenvalue weighted by atomic mass is 9.92. The Bertz CT molecular complexity index is 848. The average Bonchev–Trinajstić information content (AvgIpc) is 2.99. The summed E-state index contributed by atoms with van der Waals surface area (Å²) in [5.74, 6) is 0.489. The van der Waals surface area contributed by atoms with Crippen molar-refractivity contribution in [3.05, 3.63) is 51.9 Å². The molecule has 0 spiro atoms. The molecule has 4 rings (SSSR count). The molecular weight excluding hydrogens is 322 g/mol. The quantitative estimate of drug-likeness (QED) is 0.852. The van der Waals surface area contributed by atoms with E-state index in [0.717, 1.165) is 34.2 Å². The number of ether oxygens (including phenoxy) is 1. The van der Waals surface area contributed by atoms with Gasteiger partial charge in [-0.05, 0) is 11.6 Å². The second-order valence-corrected chi connectivity index (χ2v) is 6.70. The minimum absolute atomic E-state index is 0.0221. The van der Waals surface area contributed by atoms with Crippen LogP contribution in [-0.4, -0.2) is 37.1 Å². The Hall–Kier alpha value is -2.44. The van der Waals surface area contributed by atoms with Crippen LogP contribution in [0, 0.1) is 0 Å². The highest BCUT2D eigenvalue weighted by molar-refractivity contribution is 7.17. The first-order chi connectivity index (χ1) is 11.7. The van der Waals surface area contributed by atoms with Crippen LogP contribution in [-0.2, 0) is 4.74 Å². The van der Waals surface area contributed by atoms with E-state index in [4.69, 9.17) is 10.5 Å². The van der Waals surface area contributed by atoms with Crippen molar-refractivity contribution >= 4 is 40.2 Å². The van der Waals surface area contributed by atoms with Crippen molar-refractivity contribution in [2.24, 2.45) is 0 Å². The lowest BCUT2D eigenvalue weighted by molar-refractivity contribution is 0.103. The van der Waals surface area contributed by atoms with Crippen molar-refractivity contribution in [2.45, 2.75) is 0 Å². The van der Waals surface area contributed by atoms with Crippen LogP contribution < -0.4 is 10.6 Å². The number of rotatable bonds is 2. The number of nitrogens with two attached hydrogens (primary N) is 1. The largest absolute Gasteiger partial charge is 0.382 e. The van der Waals surface area contributed by atoms with Gasteiger partial charge in [0.25, 0.3) is 0 Å². The third-order valence-electron chi connectivity index (χ3n) is 4.15. The molecule has 1 saturated heterocycles. The Morgan fingerprint density at radius 3 is 2.83 bits per heavy atom. The number of carbonyl (C=O) groups is 1. The molecule has 1 aromatic carbocycles. The number of fused-ring (bicyclic) bond motifs is 1. The topological polar surface area (TPSA) is 68.4 Å². The maximum atomic E-state index is 12.6. The lowest BCUT2D eigenvalue weighted by Gasteiger charge is -2.25. The van der Waals surface area contributed by atoms with Gasteiger partial charge < -0.3 is 15.4 Å². The van der Waals surface area contributed by atoms with E-state index in [0.29, 0.717) is 24.6 Å². The summed E-state index contributed by atoms with van der Waals surface area (Å²) in [4.78, 5) is 20.1. The van der Waals surface area contributed by atoms with Crippen LogP contribution in [0.5, 0.6) is 0 Å². The van der Waals surface area contributed by atoms with E-state index < -0.39 is 0 Å². The van der Waals surface area contributed by atoms with Gasteiger partial charge in [-0.1, -0.05) is 47.8 Å². The molecule has 2 aromatic rings. The van der Waals surface area contributed by atoms with Gasteiger partial charge in [-0.3, -0.25) is 4.79 Å². The average molecular weight is 339 g/mol. The van der Waals surface area contributed by atoms with Gasteiger partial charge in [0, 0.05) is 24.2 Å². The summed E-state index contributed by atoms with van der Waals surface area (Å²) in [5, 5.41) is 0.885. The number of ketones is 1. The first-order valence-electron chi connectivity index (χ1n) is 7.85. The molecule has 1 fully saturated rings.